The van der Waals surface area contributed by atoms with Crippen LogP contribution in [0.5, 0.6) is 0 Å². The van der Waals surface area contributed by atoms with Crippen molar-refractivity contribution in [2.45, 2.75) is 19.3 Å². The molecular formula is C37H29NO2S. The number of anilines is 3. The van der Waals surface area contributed by atoms with Crippen LogP contribution in [0.1, 0.15) is 36.1 Å². The van der Waals surface area contributed by atoms with E-state index < -0.39 is 9.84 Å². The molecule has 0 fully saturated rings. The van der Waals surface area contributed by atoms with Crippen molar-refractivity contribution in [3.05, 3.63) is 162 Å². The minimum absolute atomic E-state index is 0.110. The summed E-state index contributed by atoms with van der Waals surface area (Å²) in [7, 11) is -3.61. The zero-order valence-electron chi connectivity index (χ0n) is 23.0. The highest BCUT2D eigenvalue weighted by molar-refractivity contribution is 8.09. The Labute approximate surface area is 241 Å². The summed E-state index contributed by atoms with van der Waals surface area (Å²) < 4.78 is 26.9. The number of hydrogen-bond donors (Lipinski definition) is 0. The predicted molar refractivity (Wildman–Crippen MR) is 170 cm³/mol. The molecule has 0 spiro atoms. The van der Waals surface area contributed by atoms with Gasteiger partial charge in [0.2, 0.25) is 9.84 Å². The van der Waals surface area contributed by atoms with Crippen LogP contribution in [0.3, 0.4) is 0 Å². The zero-order valence-corrected chi connectivity index (χ0v) is 23.8. The summed E-state index contributed by atoms with van der Waals surface area (Å²) in [6.45, 7) is 4.58. The Bertz CT molecular complexity index is 1950. The fraction of sp³-hybridized carbons (Fsp3) is 0.0811. The molecule has 0 radical (unpaired) electrons. The lowest BCUT2D eigenvalue weighted by Crippen LogP contribution is -2.16. The van der Waals surface area contributed by atoms with Gasteiger partial charge in [-0.2, -0.15) is 0 Å². The van der Waals surface area contributed by atoms with Crippen molar-refractivity contribution < 1.29 is 8.42 Å². The third kappa shape index (κ3) is 4.06. The van der Waals surface area contributed by atoms with Crippen LogP contribution in [0.15, 0.2) is 140 Å². The van der Waals surface area contributed by atoms with Gasteiger partial charge in [-0.05, 0) is 81.9 Å². The summed E-state index contributed by atoms with van der Waals surface area (Å²) in [5, 5.41) is 0. The van der Waals surface area contributed by atoms with E-state index in [9.17, 15) is 8.42 Å². The van der Waals surface area contributed by atoms with Gasteiger partial charge in [0, 0.05) is 22.5 Å². The molecule has 0 N–H and O–H groups in total. The summed E-state index contributed by atoms with van der Waals surface area (Å²) in [5.41, 5.74) is 9.54. The summed E-state index contributed by atoms with van der Waals surface area (Å²) in [5.74, 6) is 0. The lowest BCUT2D eigenvalue weighted by Gasteiger charge is -2.28. The molecule has 1 aliphatic carbocycles. The third-order valence-electron chi connectivity index (χ3n) is 8.27. The van der Waals surface area contributed by atoms with Crippen LogP contribution >= 0.6 is 0 Å². The van der Waals surface area contributed by atoms with E-state index in [1.165, 1.54) is 22.3 Å². The number of allylic oxidation sites excluding steroid dienone is 2. The second-order valence-corrected chi connectivity index (χ2v) is 12.9. The van der Waals surface area contributed by atoms with Gasteiger partial charge < -0.3 is 4.90 Å². The molecule has 5 aromatic rings. The highest BCUT2D eigenvalue weighted by Gasteiger charge is 2.36. The van der Waals surface area contributed by atoms with Gasteiger partial charge in [-0.15, -0.1) is 0 Å². The van der Waals surface area contributed by atoms with Crippen LogP contribution in [0.4, 0.5) is 17.1 Å². The molecule has 0 amide bonds. The minimum atomic E-state index is -3.61. The third-order valence-corrected chi connectivity index (χ3v) is 10.2. The summed E-state index contributed by atoms with van der Waals surface area (Å²) >= 11 is 0. The Balaban J connectivity index is 1.27. The maximum absolute atomic E-state index is 13.5. The average Bonchev–Trinajstić information content (AvgIpc) is 3.44. The van der Waals surface area contributed by atoms with E-state index >= 15 is 0 Å². The van der Waals surface area contributed by atoms with E-state index in [2.05, 4.69) is 73.3 Å². The van der Waals surface area contributed by atoms with Gasteiger partial charge in [-0.25, -0.2) is 8.42 Å². The van der Waals surface area contributed by atoms with Gasteiger partial charge in [0.05, 0.1) is 9.81 Å². The Morgan fingerprint density at radius 1 is 0.512 bits per heavy atom. The van der Waals surface area contributed by atoms with Gasteiger partial charge in [-0.1, -0.05) is 105 Å². The van der Waals surface area contributed by atoms with Gasteiger partial charge in [-0.3, -0.25) is 0 Å². The van der Waals surface area contributed by atoms with E-state index in [1.807, 2.05) is 72.8 Å². The van der Waals surface area contributed by atoms with Crippen LogP contribution in [0.2, 0.25) is 0 Å². The van der Waals surface area contributed by atoms with Crippen LogP contribution < -0.4 is 4.90 Å². The second kappa shape index (κ2) is 9.46. The molecule has 4 heteroatoms. The molecular weight excluding hydrogens is 522 g/mol. The largest absolute Gasteiger partial charge is 0.310 e. The highest BCUT2D eigenvalue weighted by atomic mass is 32.2. The van der Waals surface area contributed by atoms with E-state index in [4.69, 9.17) is 0 Å². The fourth-order valence-corrected chi connectivity index (χ4v) is 7.81. The number of hydrogen-bond acceptors (Lipinski definition) is 3. The summed E-state index contributed by atoms with van der Waals surface area (Å²) in [4.78, 5) is 2.89. The van der Waals surface area contributed by atoms with Gasteiger partial charge in [0.1, 0.15) is 0 Å². The first-order chi connectivity index (χ1) is 19.9. The molecule has 0 aromatic heterocycles. The van der Waals surface area contributed by atoms with E-state index in [0.717, 1.165) is 17.1 Å². The van der Waals surface area contributed by atoms with Crippen molar-refractivity contribution in [1.29, 1.82) is 0 Å². The zero-order chi connectivity index (χ0) is 28.2. The normalized spacial score (nSPS) is 16.0. The number of sulfone groups is 1. The summed E-state index contributed by atoms with van der Waals surface area (Å²) in [6.07, 6.45) is 3.41. The Kier molecular flexibility index (Phi) is 5.84. The number of rotatable bonds is 5. The van der Waals surface area contributed by atoms with Crippen molar-refractivity contribution in [2.24, 2.45) is 0 Å². The summed E-state index contributed by atoms with van der Waals surface area (Å²) in [6, 6.07) is 42.7. The molecule has 0 saturated heterocycles. The molecule has 5 aromatic carbocycles. The SMILES string of the molecule is CC1(C)c2ccccc2-c2ccc(N(c3ccccc3)c3ccc(C4=CC=C(c5ccccc5)S4(=O)=O)cc3)cc21. The van der Waals surface area contributed by atoms with E-state index in [-0.39, 0.29) is 5.41 Å². The van der Waals surface area contributed by atoms with Crippen LogP contribution in [-0.4, -0.2) is 8.42 Å². The molecule has 1 aliphatic heterocycles. The lowest BCUT2D eigenvalue weighted by molar-refractivity contribution is 0.615. The average molecular weight is 552 g/mol. The van der Waals surface area contributed by atoms with Crippen molar-refractivity contribution in [3.8, 4) is 11.1 Å². The Morgan fingerprint density at radius 3 is 1.71 bits per heavy atom. The number of para-hydroxylation sites is 1. The highest BCUT2D eigenvalue weighted by Crippen LogP contribution is 2.50. The predicted octanol–water partition coefficient (Wildman–Crippen LogP) is 9.27. The monoisotopic (exact) mass is 551 g/mol. The maximum Gasteiger partial charge on any atom is 0.207 e. The smallest absolute Gasteiger partial charge is 0.207 e. The molecule has 3 nitrogen and oxygen atoms in total. The molecule has 200 valence electrons. The molecule has 2 aliphatic rings. The lowest BCUT2D eigenvalue weighted by atomic mass is 9.82. The molecule has 0 atom stereocenters. The first-order valence-corrected chi connectivity index (χ1v) is 15.3. The Morgan fingerprint density at radius 2 is 1.02 bits per heavy atom. The van der Waals surface area contributed by atoms with Gasteiger partial charge in [0.15, 0.2) is 0 Å². The standard InChI is InChI=1S/C37H29NO2S/c1-37(2)33-16-10-9-15-31(33)32-22-21-30(25-34(32)37)38(28-13-7-4-8-14-28)29-19-17-27(18-20-29)36-24-23-35(41(36,39)40)26-11-5-3-6-12-26/h3-25H,1-2H3. The number of fused-ring (bicyclic) bond motifs is 3. The van der Waals surface area contributed by atoms with Crippen LogP contribution in [0, 0.1) is 0 Å². The minimum Gasteiger partial charge on any atom is -0.310 e. The van der Waals surface area contributed by atoms with Crippen molar-refractivity contribution in [1.82, 2.24) is 0 Å². The molecule has 7 rings (SSSR count). The number of benzene rings is 5. The topological polar surface area (TPSA) is 37.4 Å². The first kappa shape index (κ1) is 25.3. The van der Waals surface area contributed by atoms with Crippen molar-refractivity contribution >= 4 is 36.7 Å². The Hall–Kier alpha value is -4.67. The van der Waals surface area contributed by atoms with E-state index in [0.29, 0.717) is 20.9 Å². The molecule has 0 bridgehead atoms. The number of nitrogens with zero attached hydrogens (tertiary/aromatic N) is 1. The second-order valence-electron chi connectivity index (χ2n) is 11.0. The molecule has 1 heterocycles. The quantitative estimate of drug-likeness (QED) is 0.218. The molecule has 0 saturated carbocycles. The molecule has 0 unspecified atom stereocenters. The fourth-order valence-electron chi connectivity index (χ4n) is 6.18. The molecule has 41 heavy (non-hydrogen) atoms. The van der Waals surface area contributed by atoms with Crippen LogP contribution in [-0.2, 0) is 15.3 Å². The van der Waals surface area contributed by atoms with Crippen molar-refractivity contribution in [3.63, 3.8) is 0 Å². The van der Waals surface area contributed by atoms with Gasteiger partial charge in [0.25, 0.3) is 0 Å². The maximum atomic E-state index is 13.5. The van der Waals surface area contributed by atoms with E-state index in [1.54, 1.807) is 12.2 Å². The van der Waals surface area contributed by atoms with Crippen LogP contribution in [0.25, 0.3) is 20.9 Å². The first-order valence-electron chi connectivity index (χ1n) is 13.8. The van der Waals surface area contributed by atoms with Gasteiger partial charge >= 0.3 is 0 Å². The van der Waals surface area contributed by atoms with Crippen molar-refractivity contribution in [2.75, 3.05) is 4.90 Å².